The van der Waals surface area contributed by atoms with Crippen LogP contribution in [0, 0.1) is 0 Å². The van der Waals surface area contributed by atoms with Crippen LogP contribution < -0.4 is 10.4 Å². The maximum atomic E-state index is 7.03. The van der Waals surface area contributed by atoms with E-state index >= 15 is 0 Å². The van der Waals surface area contributed by atoms with Crippen LogP contribution in [-0.2, 0) is 14.3 Å². The summed E-state index contributed by atoms with van der Waals surface area (Å²) in [5, 5.41) is 2.63. The van der Waals surface area contributed by atoms with Gasteiger partial charge in [0.2, 0.25) is 0 Å². The SMILES string of the molecule is CC(C)(O[SiH2]c1ccccc1)C1(C(C)(C)O[SiH2]c2ccccc2)c2ccccc2-c2ccccc21. The van der Waals surface area contributed by atoms with E-state index in [0.717, 1.165) is 0 Å². The molecule has 0 fully saturated rings. The Morgan fingerprint density at radius 3 is 1.23 bits per heavy atom. The predicted molar refractivity (Wildman–Crippen MR) is 152 cm³/mol. The summed E-state index contributed by atoms with van der Waals surface area (Å²) in [6.45, 7) is 9.10. The van der Waals surface area contributed by atoms with Crippen LogP contribution in [0.3, 0.4) is 0 Å². The van der Waals surface area contributed by atoms with Crippen LogP contribution in [0.25, 0.3) is 11.1 Å². The lowest BCUT2D eigenvalue weighted by Crippen LogP contribution is -2.63. The van der Waals surface area contributed by atoms with Gasteiger partial charge < -0.3 is 8.85 Å². The largest absolute Gasteiger partial charge is 0.412 e. The summed E-state index contributed by atoms with van der Waals surface area (Å²) in [5.74, 6) is 0. The van der Waals surface area contributed by atoms with Gasteiger partial charge >= 0.3 is 0 Å². The van der Waals surface area contributed by atoms with E-state index in [-0.39, 0.29) is 0 Å². The first-order valence-electron chi connectivity index (χ1n) is 12.4. The van der Waals surface area contributed by atoms with E-state index < -0.39 is 36.1 Å². The van der Waals surface area contributed by atoms with Crippen LogP contribution in [0.2, 0.25) is 0 Å². The van der Waals surface area contributed by atoms with Crippen molar-refractivity contribution >= 4 is 29.9 Å². The molecule has 0 aromatic heterocycles. The zero-order valence-electron chi connectivity index (χ0n) is 21.1. The van der Waals surface area contributed by atoms with Crippen molar-refractivity contribution in [3.8, 4) is 11.1 Å². The Kier molecular flexibility index (Phi) is 6.40. The molecule has 0 saturated heterocycles. The number of benzene rings is 4. The summed E-state index contributed by atoms with van der Waals surface area (Å²) in [5.41, 5.74) is 3.74. The van der Waals surface area contributed by atoms with Crippen LogP contribution in [-0.4, -0.2) is 30.7 Å². The highest BCUT2D eigenvalue weighted by Crippen LogP contribution is 2.60. The van der Waals surface area contributed by atoms with E-state index in [2.05, 4.69) is 137 Å². The molecule has 0 atom stereocenters. The van der Waals surface area contributed by atoms with Gasteiger partial charge in [0.05, 0.1) is 16.6 Å². The van der Waals surface area contributed by atoms with Crippen LogP contribution >= 0.6 is 0 Å². The van der Waals surface area contributed by atoms with E-state index in [9.17, 15) is 0 Å². The molecule has 0 radical (unpaired) electrons. The van der Waals surface area contributed by atoms with Crippen molar-refractivity contribution in [2.24, 2.45) is 0 Å². The molecular formula is C31H34O2Si2. The Hall–Kier alpha value is -2.77. The van der Waals surface area contributed by atoms with Gasteiger partial charge in [-0.15, -0.1) is 0 Å². The quantitative estimate of drug-likeness (QED) is 0.339. The van der Waals surface area contributed by atoms with Crippen LogP contribution in [0.15, 0.2) is 109 Å². The second kappa shape index (κ2) is 9.36. The van der Waals surface area contributed by atoms with E-state index in [4.69, 9.17) is 8.85 Å². The molecule has 0 aliphatic heterocycles. The maximum absolute atomic E-state index is 7.03. The van der Waals surface area contributed by atoms with Crippen molar-refractivity contribution in [3.05, 3.63) is 120 Å². The lowest BCUT2D eigenvalue weighted by Gasteiger charge is -2.55. The molecule has 0 bridgehead atoms. The Balaban J connectivity index is 1.65. The van der Waals surface area contributed by atoms with Crippen molar-refractivity contribution in [3.63, 3.8) is 0 Å². The molecule has 4 heteroatoms. The predicted octanol–water partition coefficient (Wildman–Crippen LogP) is 4.36. The molecule has 1 aliphatic carbocycles. The molecular weight excluding hydrogens is 461 g/mol. The van der Waals surface area contributed by atoms with Gasteiger partial charge in [-0.2, -0.15) is 0 Å². The topological polar surface area (TPSA) is 18.5 Å². The number of hydrogen-bond acceptors (Lipinski definition) is 2. The van der Waals surface area contributed by atoms with Crippen molar-refractivity contribution in [2.75, 3.05) is 0 Å². The summed E-state index contributed by atoms with van der Waals surface area (Å²) in [7, 11) is -1.91. The van der Waals surface area contributed by atoms with Crippen molar-refractivity contribution in [1.82, 2.24) is 0 Å². The highest BCUT2D eigenvalue weighted by atomic mass is 28.2. The summed E-state index contributed by atoms with van der Waals surface area (Å²) in [6.07, 6.45) is 0. The van der Waals surface area contributed by atoms with Crippen LogP contribution in [0.4, 0.5) is 0 Å². The Labute approximate surface area is 214 Å². The van der Waals surface area contributed by atoms with Gasteiger partial charge in [-0.25, -0.2) is 0 Å². The highest BCUT2D eigenvalue weighted by molar-refractivity contribution is 6.47. The van der Waals surface area contributed by atoms with Gasteiger partial charge in [0.1, 0.15) is 0 Å². The summed E-state index contributed by atoms with van der Waals surface area (Å²) in [4.78, 5) is 0. The Morgan fingerprint density at radius 2 is 0.829 bits per heavy atom. The zero-order chi connectivity index (χ0) is 24.5. The fourth-order valence-corrected chi connectivity index (χ4v) is 8.57. The third kappa shape index (κ3) is 4.05. The Bertz CT molecular complexity index is 1200. The first kappa shape index (κ1) is 24.0. The molecule has 4 aromatic rings. The van der Waals surface area contributed by atoms with Gasteiger partial charge in [0.25, 0.3) is 0 Å². The van der Waals surface area contributed by atoms with E-state index in [1.807, 2.05) is 0 Å². The van der Waals surface area contributed by atoms with Crippen molar-refractivity contribution < 1.29 is 8.85 Å². The number of fused-ring (bicyclic) bond motifs is 3. The minimum atomic E-state index is -0.953. The second-order valence-corrected chi connectivity index (χ2v) is 13.2. The van der Waals surface area contributed by atoms with Gasteiger partial charge in [0, 0.05) is 0 Å². The fraction of sp³-hybridized carbons (Fsp3) is 0.226. The zero-order valence-corrected chi connectivity index (χ0v) is 24.0. The lowest BCUT2D eigenvalue weighted by molar-refractivity contribution is -0.0644. The molecule has 0 N–H and O–H groups in total. The monoisotopic (exact) mass is 494 g/mol. The van der Waals surface area contributed by atoms with Gasteiger partial charge in [-0.05, 0) is 60.3 Å². The first-order valence-corrected chi connectivity index (χ1v) is 15.0. The third-order valence-electron chi connectivity index (χ3n) is 7.64. The fourth-order valence-electron chi connectivity index (χ4n) is 6.15. The van der Waals surface area contributed by atoms with Gasteiger partial charge in [0.15, 0.2) is 19.5 Å². The molecule has 0 unspecified atom stereocenters. The lowest BCUT2D eigenvalue weighted by atomic mass is 9.58. The molecule has 4 aromatic carbocycles. The van der Waals surface area contributed by atoms with Crippen molar-refractivity contribution in [2.45, 2.75) is 44.3 Å². The molecule has 35 heavy (non-hydrogen) atoms. The minimum Gasteiger partial charge on any atom is -0.412 e. The second-order valence-electron chi connectivity index (χ2n) is 10.4. The molecule has 0 spiro atoms. The summed E-state index contributed by atoms with van der Waals surface area (Å²) >= 11 is 0. The third-order valence-corrected chi connectivity index (χ3v) is 11.0. The van der Waals surface area contributed by atoms with Crippen LogP contribution in [0.1, 0.15) is 38.8 Å². The molecule has 1 aliphatic rings. The standard InChI is InChI=1S/C31H34O2Si2/c1-29(2,32-34-23-15-7-5-8-16-23)31(30(3,4)33-35-24-17-9-6-10-18-24)27-21-13-11-19-25(27)26-20-12-14-22-28(26)31/h5-22H,34-35H2,1-4H3. The minimum absolute atomic E-state index is 0.462. The average Bonchev–Trinajstić information content (AvgIpc) is 3.20. The van der Waals surface area contributed by atoms with Crippen molar-refractivity contribution in [1.29, 1.82) is 0 Å². The molecule has 5 rings (SSSR count). The smallest absolute Gasteiger partial charge is 0.193 e. The summed E-state index contributed by atoms with van der Waals surface area (Å²) in [6, 6.07) is 39.0. The number of rotatable bonds is 8. The summed E-state index contributed by atoms with van der Waals surface area (Å²) < 4.78 is 14.1. The molecule has 0 amide bonds. The first-order chi connectivity index (χ1) is 16.9. The molecule has 0 saturated carbocycles. The van der Waals surface area contributed by atoms with E-state index in [1.54, 1.807) is 0 Å². The van der Waals surface area contributed by atoms with Gasteiger partial charge in [-0.3, -0.25) is 0 Å². The highest BCUT2D eigenvalue weighted by Gasteiger charge is 2.62. The normalized spacial score (nSPS) is 15.1. The van der Waals surface area contributed by atoms with Gasteiger partial charge in [-0.1, -0.05) is 109 Å². The van der Waals surface area contributed by atoms with Crippen LogP contribution in [0.5, 0.6) is 0 Å². The van der Waals surface area contributed by atoms with E-state index in [1.165, 1.54) is 32.6 Å². The molecule has 178 valence electrons. The number of hydrogen-bond donors (Lipinski definition) is 0. The molecule has 0 heterocycles. The Morgan fingerprint density at radius 1 is 0.486 bits per heavy atom. The maximum Gasteiger partial charge on any atom is 0.193 e. The average molecular weight is 495 g/mol. The van der Waals surface area contributed by atoms with E-state index in [0.29, 0.717) is 0 Å². The molecule has 2 nitrogen and oxygen atoms in total.